The van der Waals surface area contributed by atoms with Crippen molar-refractivity contribution in [2.24, 2.45) is 0 Å². The second kappa shape index (κ2) is 10.5. The van der Waals surface area contributed by atoms with Gasteiger partial charge in [-0.05, 0) is 57.5 Å². The Morgan fingerprint density at radius 1 is 1.19 bits per heavy atom. The fraction of sp³-hybridized carbons (Fsp3) is 0.440. The molecule has 1 atom stereocenters. The standard InChI is InChI=1S/C25H32N2O5/c1-5-26(6-2)14-8-15-27-22(18-10-12-19(13-11-18)32-17(3)4)21(24(29)25(27)30)23(28)20-9-7-16-31-20/h7,9-13,16-17,22,29H,5-6,8,14-15H2,1-4H3/p+1/t22-/m0/s1. The summed E-state index contributed by atoms with van der Waals surface area (Å²) in [6.45, 7) is 11.5. The molecule has 1 aliphatic rings. The highest BCUT2D eigenvalue weighted by Gasteiger charge is 2.44. The smallest absolute Gasteiger partial charge is 0.290 e. The Hall–Kier alpha value is -3.06. The molecule has 1 aromatic heterocycles. The molecule has 1 amide bonds. The van der Waals surface area contributed by atoms with E-state index in [1.807, 2.05) is 38.1 Å². The molecule has 0 fully saturated rings. The van der Waals surface area contributed by atoms with E-state index in [-0.39, 0.29) is 17.4 Å². The van der Waals surface area contributed by atoms with Crippen molar-refractivity contribution in [2.45, 2.75) is 46.3 Å². The predicted molar refractivity (Wildman–Crippen MR) is 121 cm³/mol. The molecule has 0 aliphatic carbocycles. The number of furan rings is 1. The summed E-state index contributed by atoms with van der Waals surface area (Å²) in [5.41, 5.74) is 0.793. The van der Waals surface area contributed by atoms with Crippen LogP contribution in [0.25, 0.3) is 0 Å². The van der Waals surface area contributed by atoms with Gasteiger partial charge in [-0.15, -0.1) is 0 Å². The molecule has 2 heterocycles. The first-order chi connectivity index (χ1) is 15.4. The van der Waals surface area contributed by atoms with E-state index in [4.69, 9.17) is 9.15 Å². The monoisotopic (exact) mass is 441 g/mol. The fourth-order valence-corrected chi connectivity index (χ4v) is 4.11. The van der Waals surface area contributed by atoms with Gasteiger partial charge in [-0.1, -0.05) is 12.1 Å². The van der Waals surface area contributed by atoms with Gasteiger partial charge in [-0.25, -0.2) is 0 Å². The van der Waals surface area contributed by atoms with Gasteiger partial charge in [0.15, 0.2) is 11.5 Å². The molecule has 0 spiro atoms. The van der Waals surface area contributed by atoms with Gasteiger partial charge in [0.1, 0.15) is 5.75 Å². The largest absolute Gasteiger partial charge is 0.503 e. The molecule has 0 saturated heterocycles. The van der Waals surface area contributed by atoms with E-state index in [1.54, 1.807) is 11.0 Å². The van der Waals surface area contributed by atoms with Crippen LogP contribution in [0.15, 0.2) is 58.4 Å². The molecule has 3 rings (SSSR count). The summed E-state index contributed by atoms with van der Waals surface area (Å²) >= 11 is 0. The zero-order chi connectivity index (χ0) is 23.3. The average Bonchev–Trinajstić information content (AvgIpc) is 3.39. The van der Waals surface area contributed by atoms with Gasteiger partial charge in [0.25, 0.3) is 5.91 Å². The maximum Gasteiger partial charge on any atom is 0.290 e. The summed E-state index contributed by atoms with van der Waals surface area (Å²) in [4.78, 5) is 29.2. The third kappa shape index (κ3) is 5.05. The number of Topliss-reactive ketones (excluding diaryl/α,β-unsaturated/α-hetero) is 1. The molecule has 0 saturated carbocycles. The molecule has 2 N–H and O–H groups in total. The molecule has 0 bridgehead atoms. The van der Waals surface area contributed by atoms with Crippen LogP contribution in [0.4, 0.5) is 0 Å². The number of hydrogen-bond donors (Lipinski definition) is 2. The first-order valence-electron chi connectivity index (χ1n) is 11.3. The van der Waals surface area contributed by atoms with Crippen LogP contribution in [0.5, 0.6) is 5.75 Å². The highest BCUT2D eigenvalue weighted by Crippen LogP contribution is 2.39. The predicted octanol–water partition coefficient (Wildman–Crippen LogP) is 2.96. The lowest BCUT2D eigenvalue weighted by Crippen LogP contribution is -3.11. The topological polar surface area (TPSA) is 84.4 Å². The molecule has 32 heavy (non-hydrogen) atoms. The van der Waals surface area contributed by atoms with Crippen molar-refractivity contribution in [1.82, 2.24) is 4.90 Å². The molecule has 1 aromatic carbocycles. The highest BCUT2D eigenvalue weighted by atomic mass is 16.5. The van der Waals surface area contributed by atoms with Crippen LogP contribution in [0.3, 0.4) is 0 Å². The Morgan fingerprint density at radius 3 is 2.44 bits per heavy atom. The van der Waals surface area contributed by atoms with Gasteiger partial charge >= 0.3 is 0 Å². The lowest BCUT2D eigenvalue weighted by Gasteiger charge is -2.27. The second-order valence-corrected chi connectivity index (χ2v) is 8.27. The number of hydrogen-bond acceptors (Lipinski definition) is 5. The van der Waals surface area contributed by atoms with Crippen LogP contribution in [0, 0.1) is 0 Å². The molecule has 0 unspecified atom stereocenters. The van der Waals surface area contributed by atoms with Gasteiger partial charge < -0.3 is 24.1 Å². The summed E-state index contributed by atoms with van der Waals surface area (Å²) in [6.07, 6.45) is 2.20. The van der Waals surface area contributed by atoms with Crippen LogP contribution in [0.1, 0.15) is 56.3 Å². The molecule has 7 nitrogen and oxygen atoms in total. The SMILES string of the molecule is CC[NH+](CC)CCCN1C(=O)C(O)=C(C(=O)c2ccco2)[C@@H]1c1ccc(OC(C)C)cc1. The van der Waals surface area contributed by atoms with E-state index in [2.05, 4.69) is 13.8 Å². The van der Waals surface area contributed by atoms with Crippen LogP contribution in [-0.2, 0) is 4.79 Å². The van der Waals surface area contributed by atoms with E-state index in [1.165, 1.54) is 17.2 Å². The number of nitrogens with one attached hydrogen (secondary N) is 1. The summed E-state index contributed by atoms with van der Waals surface area (Å²) in [5, 5.41) is 10.7. The summed E-state index contributed by atoms with van der Waals surface area (Å²) < 4.78 is 11.0. The summed E-state index contributed by atoms with van der Waals surface area (Å²) in [6, 6.07) is 9.79. The number of carbonyl (C=O) groups is 2. The van der Waals surface area contributed by atoms with Crippen LogP contribution in [-0.4, -0.2) is 54.0 Å². The maximum atomic E-state index is 13.2. The van der Waals surface area contributed by atoms with E-state index in [0.29, 0.717) is 12.3 Å². The second-order valence-electron chi connectivity index (χ2n) is 8.27. The van der Waals surface area contributed by atoms with Crippen molar-refractivity contribution in [3.05, 3.63) is 65.3 Å². The van der Waals surface area contributed by atoms with Crippen molar-refractivity contribution >= 4 is 11.7 Å². The zero-order valence-electron chi connectivity index (χ0n) is 19.3. The van der Waals surface area contributed by atoms with E-state index in [0.717, 1.165) is 31.6 Å². The number of quaternary nitrogens is 1. The van der Waals surface area contributed by atoms with Crippen LogP contribution in [0.2, 0.25) is 0 Å². The minimum atomic E-state index is -0.681. The number of aliphatic hydroxyl groups is 1. The number of aliphatic hydroxyl groups excluding tert-OH is 1. The average molecular weight is 442 g/mol. The molecule has 1 aliphatic heterocycles. The van der Waals surface area contributed by atoms with Gasteiger partial charge in [0.2, 0.25) is 5.78 Å². The number of ether oxygens (including phenoxy) is 1. The van der Waals surface area contributed by atoms with Crippen LogP contribution < -0.4 is 9.64 Å². The maximum absolute atomic E-state index is 13.2. The minimum absolute atomic E-state index is 0.0352. The Labute approximate surface area is 189 Å². The number of benzene rings is 1. The van der Waals surface area contributed by atoms with Gasteiger partial charge in [-0.2, -0.15) is 0 Å². The Kier molecular flexibility index (Phi) is 7.75. The Morgan fingerprint density at radius 2 is 1.88 bits per heavy atom. The van der Waals surface area contributed by atoms with Crippen LogP contribution >= 0.6 is 0 Å². The fourth-order valence-electron chi connectivity index (χ4n) is 4.11. The third-order valence-corrected chi connectivity index (χ3v) is 5.79. The van der Waals surface area contributed by atoms with Gasteiger partial charge in [0, 0.05) is 13.0 Å². The summed E-state index contributed by atoms with van der Waals surface area (Å²) in [5.74, 6) is -0.711. The third-order valence-electron chi connectivity index (χ3n) is 5.79. The molecule has 172 valence electrons. The van der Waals surface area contributed by atoms with E-state index >= 15 is 0 Å². The first kappa shape index (κ1) is 23.6. The van der Waals surface area contributed by atoms with Crippen molar-refractivity contribution in [3.63, 3.8) is 0 Å². The number of ketones is 1. The number of rotatable bonds is 11. The lowest BCUT2D eigenvalue weighted by atomic mass is 9.95. The molecule has 7 heteroatoms. The van der Waals surface area contributed by atoms with Crippen molar-refractivity contribution in [3.8, 4) is 5.75 Å². The molecule has 0 radical (unpaired) electrons. The molecular formula is C25H33N2O5+. The quantitative estimate of drug-likeness (QED) is 0.524. The van der Waals surface area contributed by atoms with E-state index in [9.17, 15) is 14.7 Å². The van der Waals surface area contributed by atoms with Gasteiger partial charge in [-0.3, -0.25) is 9.59 Å². The lowest BCUT2D eigenvalue weighted by molar-refractivity contribution is -0.896. The number of carbonyl (C=O) groups excluding carboxylic acids is 2. The van der Waals surface area contributed by atoms with Crippen molar-refractivity contribution in [1.29, 1.82) is 0 Å². The highest BCUT2D eigenvalue weighted by molar-refractivity contribution is 6.15. The zero-order valence-corrected chi connectivity index (χ0v) is 19.3. The summed E-state index contributed by atoms with van der Waals surface area (Å²) in [7, 11) is 0. The minimum Gasteiger partial charge on any atom is -0.503 e. The number of amides is 1. The van der Waals surface area contributed by atoms with Gasteiger partial charge in [0.05, 0.1) is 43.6 Å². The molecule has 2 aromatic rings. The first-order valence-corrected chi connectivity index (χ1v) is 11.3. The number of nitrogens with zero attached hydrogens (tertiary/aromatic N) is 1. The van der Waals surface area contributed by atoms with E-state index < -0.39 is 23.5 Å². The van der Waals surface area contributed by atoms with Crippen molar-refractivity contribution in [2.75, 3.05) is 26.2 Å². The Balaban J connectivity index is 1.92. The molecular weight excluding hydrogens is 408 g/mol. The normalized spacial score (nSPS) is 16.5. The Bertz CT molecular complexity index is 943. The van der Waals surface area contributed by atoms with Crippen molar-refractivity contribution < 1.29 is 28.7 Å².